The number of carbonyl (C=O) groups excluding carboxylic acids is 1. The maximum atomic E-state index is 13.1. The maximum Gasteiger partial charge on any atom is 0.251 e. The van der Waals surface area contributed by atoms with Crippen LogP contribution in [0.1, 0.15) is 71.2 Å². The van der Waals surface area contributed by atoms with Crippen LogP contribution in [0, 0.1) is 17.8 Å². The summed E-state index contributed by atoms with van der Waals surface area (Å²) in [6, 6.07) is 27.7. The first-order valence-corrected chi connectivity index (χ1v) is 12.0. The lowest BCUT2D eigenvalue weighted by Crippen LogP contribution is -2.36. The molecule has 2 saturated carbocycles. The molecule has 3 nitrogen and oxygen atoms in total. The third kappa shape index (κ3) is 3.23. The van der Waals surface area contributed by atoms with Gasteiger partial charge in [0.05, 0.1) is 12.1 Å². The zero-order valence-corrected chi connectivity index (χ0v) is 18.5. The van der Waals surface area contributed by atoms with E-state index in [-0.39, 0.29) is 11.9 Å². The van der Waals surface area contributed by atoms with Crippen molar-refractivity contribution < 1.29 is 4.79 Å². The van der Waals surface area contributed by atoms with Crippen molar-refractivity contribution in [3.05, 3.63) is 101 Å². The second-order valence-corrected chi connectivity index (χ2v) is 9.88. The van der Waals surface area contributed by atoms with E-state index in [1.807, 2.05) is 31.2 Å². The Kier molecular flexibility index (Phi) is 4.78. The molecule has 2 aliphatic carbocycles. The Balaban J connectivity index is 1.31. The van der Waals surface area contributed by atoms with E-state index in [4.69, 9.17) is 0 Å². The summed E-state index contributed by atoms with van der Waals surface area (Å²) < 4.78 is 0. The molecule has 6 atom stereocenters. The number of rotatable bonds is 4. The molecule has 32 heavy (non-hydrogen) atoms. The number of hydrogen-bond donors (Lipinski definition) is 2. The Morgan fingerprint density at radius 3 is 2.44 bits per heavy atom. The molecule has 1 amide bonds. The van der Waals surface area contributed by atoms with Crippen LogP contribution in [0.15, 0.2) is 78.9 Å². The van der Waals surface area contributed by atoms with E-state index < -0.39 is 0 Å². The molecular weight excluding hydrogens is 392 g/mol. The van der Waals surface area contributed by atoms with Crippen molar-refractivity contribution in [2.24, 2.45) is 17.8 Å². The van der Waals surface area contributed by atoms with Gasteiger partial charge in [0.15, 0.2) is 0 Å². The lowest BCUT2D eigenvalue weighted by atomic mass is 9.68. The summed E-state index contributed by atoms with van der Waals surface area (Å²) in [6.07, 6.45) is 4.01. The summed E-state index contributed by atoms with van der Waals surface area (Å²) in [5, 5.41) is 7.06. The van der Waals surface area contributed by atoms with Crippen molar-refractivity contribution in [2.45, 2.75) is 44.2 Å². The van der Waals surface area contributed by atoms with Crippen LogP contribution in [-0.4, -0.2) is 5.91 Å². The molecule has 0 spiro atoms. The van der Waals surface area contributed by atoms with E-state index in [0.29, 0.717) is 17.9 Å². The molecule has 3 aromatic carbocycles. The zero-order chi connectivity index (χ0) is 21.7. The monoisotopic (exact) mass is 422 g/mol. The van der Waals surface area contributed by atoms with Gasteiger partial charge in [-0.15, -0.1) is 0 Å². The average Bonchev–Trinajstić information content (AvgIpc) is 3.47. The molecule has 2 fully saturated rings. The third-order valence-corrected chi connectivity index (χ3v) is 8.16. The van der Waals surface area contributed by atoms with Crippen molar-refractivity contribution in [3.8, 4) is 0 Å². The van der Waals surface area contributed by atoms with Crippen LogP contribution in [0.5, 0.6) is 0 Å². The summed E-state index contributed by atoms with van der Waals surface area (Å²) in [5.74, 6) is 2.71. The molecule has 0 saturated heterocycles. The predicted molar refractivity (Wildman–Crippen MR) is 129 cm³/mol. The Bertz CT molecular complexity index is 1130. The molecule has 3 aliphatic rings. The first-order chi connectivity index (χ1) is 15.7. The molecule has 2 bridgehead atoms. The van der Waals surface area contributed by atoms with E-state index >= 15 is 0 Å². The van der Waals surface area contributed by atoms with Gasteiger partial charge in [-0.25, -0.2) is 0 Å². The second-order valence-electron chi connectivity index (χ2n) is 9.88. The Morgan fingerprint density at radius 1 is 0.938 bits per heavy atom. The SMILES string of the molecule is C[C@H](NC(=O)c1ccc2c(c1)[C@@H]1[C@@H]3CC[C@@H](C3)[C@@H]1[C@H](c1ccccc1)N2)c1ccccc1. The highest BCUT2D eigenvalue weighted by molar-refractivity contribution is 5.95. The minimum Gasteiger partial charge on any atom is -0.378 e. The van der Waals surface area contributed by atoms with Crippen LogP contribution in [0.3, 0.4) is 0 Å². The van der Waals surface area contributed by atoms with Crippen LogP contribution in [-0.2, 0) is 0 Å². The standard InChI is InChI=1S/C29H30N2O/c1-18(19-8-4-2-5-9-19)30-29(32)23-14-15-25-24(17-23)26-21-12-13-22(16-21)27(26)28(31-25)20-10-6-3-7-11-20/h2-11,14-15,17-18,21-22,26-28,31H,12-13,16H2,1H3,(H,30,32)/t18-,21+,22-,26-,27-,28-/m0/s1. The van der Waals surface area contributed by atoms with Gasteiger partial charge in [-0.05, 0) is 84.7 Å². The molecule has 1 heterocycles. The van der Waals surface area contributed by atoms with Gasteiger partial charge >= 0.3 is 0 Å². The fraction of sp³-hybridized carbons (Fsp3) is 0.345. The van der Waals surface area contributed by atoms with Gasteiger partial charge in [0.1, 0.15) is 0 Å². The molecular formula is C29H30N2O. The highest BCUT2D eigenvalue weighted by atomic mass is 16.1. The number of carbonyl (C=O) groups is 1. The van der Waals surface area contributed by atoms with Crippen molar-refractivity contribution in [3.63, 3.8) is 0 Å². The predicted octanol–water partition coefficient (Wildman–Crippen LogP) is 6.47. The fourth-order valence-corrected chi connectivity index (χ4v) is 6.72. The van der Waals surface area contributed by atoms with Gasteiger partial charge in [0, 0.05) is 11.3 Å². The number of nitrogens with one attached hydrogen (secondary N) is 2. The zero-order valence-electron chi connectivity index (χ0n) is 18.5. The molecule has 3 aromatic rings. The molecule has 0 aromatic heterocycles. The van der Waals surface area contributed by atoms with E-state index in [9.17, 15) is 4.79 Å². The number of benzene rings is 3. The largest absolute Gasteiger partial charge is 0.378 e. The fourth-order valence-electron chi connectivity index (χ4n) is 6.72. The Hall–Kier alpha value is -3.07. The van der Waals surface area contributed by atoms with Crippen LogP contribution in [0.25, 0.3) is 0 Å². The molecule has 6 rings (SSSR count). The number of hydrogen-bond acceptors (Lipinski definition) is 2. The van der Waals surface area contributed by atoms with Crippen molar-refractivity contribution in [2.75, 3.05) is 5.32 Å². The number of amides is 1. The van der Waals surface area contributed by atoms with Gasteiger partial charge in [0.25, 0.3) is 5.91 Å². The smallest absolute Gasteiger partial charge is 0.251 e. The van der Waals surface area contributed by atoms with Crippen LogP contribution in [0.2, 0.25) is 0 Å². The highest BCUT2D eigenvalue weighted by Gasteiger charge is 2.53. The normalized spacial score (nSPS) is 28.3. The maximum absolute atomic E-state index is 13.1. The minimum atomic E-state index is -0.0180. The molecule has 1 aliphatic heterocycles. The second kappa shape index (κ2) is 7.81. The average molecular weight is 423 g/mol. The van der Waals surface area contributed by atoms with E-state index in [2.05, 4.69) is 65.2 Å². The first-order valence-electron chi connectivity index (χ1n) is 12.0. The van der Waals surface area contributed by atoms with Gasteiger partial charge in [-0.1, -0.05) is 60.7 Å². The number of anilines is 1. The van der Waals surface area contributed by atoms with Crippen molar-refractivity contribution >= 4 is 11.6 Å². The van der Waals surface area contributed by atoms with E-state index in [1.165, 1.54) is 36.1 Å². The quantitative estimate of drug-likeness (QED) is 0.506. The number of fused-ring (bicyclic) bond motifs is 7. The Morgan fingerprint density at radius 2 is 1.66 bits per heavy atom. The van der Waals surface area contributed by atoms with Gasteiger partial charge in [-0.2, -0.15) is 0 Å². The summed E-state index contributed by atoms with van der Waals surface area (Å²) >= 11 is 0. The summed E-state index contributed by atoms with van der Waals surface area (Å²) in [4.78, 5) is 13.1. The lowest BCUT2D eigenvalue weighted by Gasteiger charge is -2.43. The highest BCUT2D eigenvalue weighted by Crippen LogP contribution is 2.63. The van der Waals surface area contributed by atoms with Crippen molar-refractivity contribution in [1.82, 2.24) is 5.32 Å². The van der Waals surface area contributed by atoms with E-state index in [1.54, 1.807) is 0 Å². The first kappa shape index (κ1) is 19.6. The van der Waals surface area contributed by atoms with E-state index in [0.717, 1.165) is 23.0 Å². The summed E-state index contributed by atoms with van der Waals surface area (Å²) in [7, 11) is 0. The molecule has 0 radical (unpaired) electrons. The third-order valence-electron chi connectivity index (χ3n) is 8.16. The van der Waals surface area contributed by atoms with Crippen LogP contribution >= 0.6 is 0 Å². The van der Waals surface area contributed by atoms with Gasteiger partial charge < -0.3 is 10.6 Å². The Labute approximate surface area is 190 Å². The molecule has 2 N–H and O–H groups in total. The lowest BCUT2D eigenvalue weighted by molar-refractivity contribution is 0.0939. The van der Waals surface area contributed by atoms with Crippen molar-refractivity contribution in [1.29, 1.82) is 0 Å². The minimum absolute atomic E-state index is 0.00837. The summed E-state index contributed by atoms with van der Waals surface area (Å²) in [6.45, 7) is 2.05. The van der Waals surface area contributed by atoms with Gasteiger partial charge in [0.2, 0.25) is 0 Å². The molecule has 162 valence electrons. The topological polar surface area (TPSA) is 41.1 Å². The van der Waals surface area contributed by atoms with Gasteiger partial charge in [-0.3, -0.25) is 4.79 Å². The summed E-state index contributed by atoms with van der Waals surface area (Å²) in [5.41, 5.74) is 5.85. The van der Waals surface area contributed by atoms with Crippen LogP contribution in [0.4, 0.5) is 5.69 Å². The van der Waals surface area contributed by atoms with Crippen LogP contribution < -0.4 is 10.6 Å². The molecule has 0 unspecified atom stereocenters. The molecule has 3 heteroatoms.